The maximum absolute atomic E-state index is 5.66. The number of rotatable bonds is 6. The zero-order valence-electron chi connectivity index (χ0n) is 18.1. The van der Waals surface area contributed by atoms with Crippen LogP contribution in [0.25, 0.3) is 22.4 Å². The van der Waals surface area contributed by atoms with Gasteiger partial charge in [0.1, 0.15) is 17.0 Å². The zero-order valence-corrected chi connectivity index (χ0v) is 18.1. The zero-order chi connectivity index (χ0) is 21.2. The van der Waals surface area contributed by atoms with Gasteiger partial charge in [-0.25, -0.2) is 9.97 Å². The fraction of sp³-hybridized carbons (Fsp3) is 0.320. The minimum Gasteiger partial charge on any atom is -0.367 e. The second kappa shape index (κ2) is 8.47. The number of benzene rings is 2. The fourth-order valence-electron chi connectivity index (χ4n) is 4.22. The Kier molecular flexibility index (Phi) is 5.38. The van der Waals surface area contributed by atoms with Gasteiger partial charge in [0, 0.05) is 31.7 Å². The highest BCUT2D eigenvalue weighted by Gasteiger charge is 2.18. The molecule has 1 aliphatic rings. The van der Waals surface area contributed by atoms with Gasteiger partial charge in [-0.05, 0) is 37.8 Å². The first-order valence-corrected chi connectivity index (χ1v) is 10.9. The van der Waals surface area contributed by atoms with E-state index < -0.39 is 0 Å². The van der Waals surface area contributed by atoms with Crippen LogP contribution in [-0.2, 0) is 13.0 Å². The lowest BCUT2D eigenvalue weighted by Gasteiger charge is -2.28. The molecule has 0 radical (unpaired) electrons. The van der Waals surface area contributed by atoms with E-state index in [9.17, 15) is 0 Å². The quantitative estimate of drug-likeness (QED) is 0.460. The molecule has 158 valence electrons. The van der Waals surface area contributed by atoms with E-state index in [0.29, 0.717) is 11.4 Å². The molecule has 0 unspecified atom stereocenters. The smallest absolute Gasteiger partial charge is 0.228 e. The summed E-state index contributed by atoms with van der Waals surface area (Å²) in [5, 5.41) is 7.74. The van der Waals surface area contributed by atoms with Crippen LogP contribution in [0.4, 0.5) is 5.82 Å². The lowest BCUT2D eigenvalue weighted by molar-refractivity contribution is 0.253. The lowest BCUT2D eigenvalue weighted by Crippen LogP contribution is -2.32. The number of fused-ring (bicyclic) bond motifs is 2. The second-order valence-electron chi connectivity index (χ2n) is 8.27. The van der Waals surface area contributed by atoms with Crippen LogP contribution in [0.15, 0.2) is 53.1 Å². The molecule has 0 aliphatic carbocycles. The molecule has 4 aromatic rings. The molecule has 6 nitrogen and oxygen atoms in total. The van der Waals surface area contributed by atoms with Gasteiger partial charge in [-0.3, -0.25) is 4.90 Å². The van der Waals surface area contributed by atoms with E-state index in [1.165, 1.54) is 16.7 Å². The Morgan fingerprint density at radius 1 is 1.00 bits per heavy atom. The third-order valence-electron chi connectivity index (χ3n) is 5.91. The van der Waals surface area contributed by atoms with E-state index >= 15 is 0 Å². The summed E-state index contributed by atoms with van der Waals surface area (Å²) in [4.78, 5) is 11.7. The molecule has 2 aromatic carbocycles. The van der Waals surface area contributed by atoms with Crippen LogP contribution >= 0.6 is 0 Å². The Bertz CT molecular complexity index is 1200. The third kappa shape index (κ3) is 4.16. The number of aryl methyl sites for hydroxylation is 2. The van der Waals surface area contributed by atoms with Crippen molar-refractivity contribution < 1.29 is 4.52 Å². The van der Waals surface area contributed by atoms with E-state index in [-0.39, 0.29) is 0 Å². The van der Waals surface area contributed by atoms with Crippen LogP contribution in [0.1, 0.15) is 28.9 Å². The highest BCUT2D eigenvalue weighted by Crippen LogP contribution is 2.30. The van der Waals surface area contributed by atoms with Crippen molar-refractivity contribution in [3.8, 4) is 11.3 Å². The third-order valence-corrected chi connectivity index (χ3v) is 5.91. The average molecular weight is 414 g/mol. The minimum absolute atomic E-state index is 0.619. The van der Waals surface area contributed by atoms with Gasteiger partial charge >= 0.3 is 0 Å². The summed E-state index contributed by atoms with van der Waals surface area (Å²) < 4.78 is 5.66. The molecule has 0 saturated heterocycles. The number of nitrogens with one attached hydrogen (secondary N) is 1. The number of hydrogen-bond donors (Lipinski definition) is 1. The van der Waals surface area contributed by atoms with Crippen LogP contribution in [0, 0.1) is 13.8 Å². The van der Waals surface area contributed by atoms with Gasteiger partial charge in [-0.1, -0.05) is 59.3 Å². The molecule has 5 rings (SSSR count). The molecule has 1 N–H and O–H groups in total. The van der Waals surface area contributed by atoms with Crippen LogP contribution in [0.5, 0.6) is 0 Å². The monoisotopic (exact) mass is 413 g/mol. The molecular weight excluding hydrogens is 386 g/mol. The standard InChI is InChI=1S/C25H27N5O/c1-17-8-10-20(11-9-17)22-23-24(31-29-22)25(28-18(2)27-23)26-13-5-14-30-15-12-19-6-3-4-7-21(19)16-30/h3-4,6-11H,5,12-16H2,1-2H3,(H,26,27,28). The Hall–Kier alpha value is -3.25. The van der Waals surface area contributed by atoms with Gasteiger partial charge < -0.3 is 9.84 Å². The molecule has 3 heterocycles. The molecule has 1 aliphatic heterocycles. The fourth-order valence-corrected chi connectivity index (χ4v) is 4.22. The SMILES string of the molecule is Cc1ccc(-c2noc3c(NCCCN4CCc5ccccc5C4)nc(C)nc23)cc1. The molecule has 0 amide bonds. The van der Waals surface area contributed by atoms with Gasteiger partial charge in [0.25, 0.3) is 0 Å². The Balaban J connectivity index is 1.25. The molecule has 0 fully saturated rings. The Labute approximate surface area is 182 Å². The maximum atomic E-state index is 5.66. The van der Waals surface area contributed by atoms with E-state index in [1.807, 2.05) is 19.1 Å². The van der Waals surface area contributed by atoms with Crippen LogP contribution < -0.4 is 5.32 Å². The second-order valence-corrected chi connectivity index (χ2v) is 8.27. The molecule has 31 heavy (non-hydrogen) atoms. The van der Waals surface area contributed by atoms with Gasteiger partial charge in [0.15, 0.2) is 5.82 Å². The van der Waals surface area contributed by atoms with Crippen molar-refractivity contribution in [3.05, 3.63) is 71.0 Å². The molecular formula is C25H27N5O. The number of hydrogen-bond acceptors (Lipinski definition) is 6. The Morgan fingerprint density at radius 3 is 2.65 bits per heavy atom. The number of nitrogens with zero attached hydrogens (tertiary/aromatic N) is 4. The van der Waals surface area contributed by atoms with Crippen molar-refractivity contribution in [1.29, 1.82) is 0 Å². The summed E-state index contributed by atoms with van der Waals surface area (Å²) >= 11 is 0. The predicted molar refractivity (Wildman–Crippen MR) is 123 cm³/mol. The molecule has 0 saturated carbocycles. The van der Waals surface area contributed by atoms with E-state index in [4.69, 9.17) is 4.52 Å². The van der Waals surface area contributed by atoms with Gasteiger partial charge in [-0.15, -0.1) is 0 Å². The number of aromatic nitrogens is 3. The van der Waals surface area contributed by atoms with Gasteiger partial charge in [0.2, 0.25) is 5.58 Å². The van der Waals surface area contributed by atoms with Crippen LogP contribution in [0.2, 0.25) is 0 Å². The highest BCUT2D eigenvalue weighted by atomic mass is 16.5. The van der Waals surface area contributed by atoms with Crippen molar-refractivity contribution in [1.82, 2.24) is 20.0 Å². The first kappa shape index (κ1) is 19.7. The normalized spacial score (nSPS) is 14.0. The van der Waals surface area contributed by atoms with Crippen molar-refractivity contribution in [2.75, 3.05) is 25.0 Å². The minimum atomic E-state index is 0.619. The van der Waals surface area contributed by atoms with E-state index in [1.54, 1.807) is 0 Å². The van der Waals surface area contributed by atoms with E-state index in [2.05, 4.69) is 68.7 Å². The lowest BCUT2D eigenvalue weighted by atomic mass is 10.00. The average Bonchev–Trinajstić information content (AvgIpc) is 3.21. The predicted octanol–water partition coefficient (Wildman–Crippen LogP) is 4.76. The van der Waals surface area contributed by atoms with Crippen molar-refractivity contribution in [2.45, 2.75) is 33.2 Å². The van der Waals surface area contributed by atoms with Crippen molar-refractivity contribution in [3.63, 3.8) is 0 Å². The summed E-state index contributed by atoms with van der Waals surface area (Å²) in [6.07, 6.45) is 2.17. The molecule has 0 spiro atoms. The Morgan fingerprint density at radius 2 is 1.81 bits per heavy atom. The summed E-state index contributed by atoms with van der Waals surface area (Å²) in [6.45, 7) is 8.01. The topological polar surface area (TPSA) is 67.1 Å². The molecule has 6 heteroatoms. The summed E-state index contributed by atoms with van der Waals surface area (Å²) in [7, 11) is 0. The van der Waals surface area contributed by atoms with Crippen molar-refractivity contribution in [2.24, 2.45) is 0 Å². The summed E-state index contributed by atoms with van der Waals surface area (Å²) in [5.74, 6) is 1.43. The maximum Gasteiger partial charge on any atom is 0.228 e. The molecule has 0 atom stereocenters. The van der Waals surface area contributed by atoms with Gasteiger partial charge in [-0.2, -0.15) is 0 Å². The first-order valence-electron chi connectivity index (χ1n) is 10.9. The number of anilines is 1. The van der Waals surface area contributed by atoms with Crippen LogP contribution in [-0.4, -0.2) is 39.7 Å². The highest BCUT2D eigenvalue weighted by molar-refractivity contribution is 5.93. The summed E-state index contributed by atoms with van der Waals surface area (Å²) in [5.41, 5.74) is 7.29. The molecule has 0 bridgehead atoms. The van der Waals surface area contributed by atoms with Crippen molar-refractivity contribution >= 4 is 16.9 Å². The first-order chi connectivity index (χ1) is 15.2. The van der Waals surface area contributed by atoms with E-state index in [0.717, 1.165) is 61.6 Å². The van der Waals surface area contributed by atoms with Gasteiger partial charge in [0.05, 0.1) is 0 Å². The van der Waals surface area contributed by atoms with Crippen LogP contribution in [0.3, 0.4) is 0 Å². The largest absolute Gasteiger partial charge is 0.367 e. The molecule has 2 aromatic heterocycles. The summed E-state index contributed by atoms with van der Waals surface area (Å²) in [6, 6.07) is 17.0.